The summed E-state index contributed by atoms with van der Waals surface area (Å²) in [6, 6.07) is 16.0. The van der Waals surface area contributed by atoms with Crippen LogP contribution in [0.1, 0.15) is 30.8 Å². The molecule has 3 rings (SSSR count). The zero-order valence-corrected chi connectivity index (χ0v) is 20.9. The van der Waals surface area contributed by atoms with Gasteiger partial charge >= 0.3 is 33.3 Å². The predicted molar refractivity (Wildman–Crippen MR) is 131 cm³/mol. The second-order valence-corrected chi connectivity index (χ2v) is 8.68. The number of pyridine rings is 1. The van der Waals surface area contributed by atoms with Gasteiger partial charge in [-0.15, -0.1) is 0 Å². The van der Waals surface area contributed by atoms with E-state index in [0.29, 0.717) is 39.7 Å². The first kappa shape index (κ1) is 27.1. The first-order valence-corrected chi connectivity index (χ1v) is 12.6. The van der Waals surface area contributed by atoms with Crippen molar-refractivity contribution in [3.8, 4) is 0 Å². The summed E-state index contributed by atoms with van der Waals surface area (Å²) in [5.74, 6) is 0. The van der Waals surface area contributed by atoms with E-state index < -0.39 is 9.85 Å². The van der Waals surface area contributed by atoms with Crippen molar-refractivity contribution in [3.05, 3.63) is 97.8 Å². The Balaban J connectivity index is 0.00000129. The Morgan fingerprint density at radius 3 is 1.85 bits per heavy atom. The summed E-state index contributed by atoms with van der Waals surface area (Å²) in [5, 5.41) is 21.7. The maximum atomic E-state index is 10.9. The summed E-state index contributed by atoms with van der Waals surface area (Å²) in [6.07, 6.45) is 0. The monoisotopic (exact) mass is 543 g/mol. The van der Waals surface area contributed by atoms with E-state index in [0.717, 1.165) is 0 Å². The van der Waals surface area contributed by atoms with Crippen molar-refractivity contribution in [2.24, 2.45) is 9.98 Å². The van der Waals surface area contributed by atoms with Crippen molar-refractivity contribution in [2.45, 2.75) is 20.8 Å². The van der Waals surface area contributed by atoms with Crippen molar-refractivity contribution in [1.82, 2.24) is 4.98 Å². The number of nitro benzene ring substituents is 2. The molecule has 9 nitrogen and oxygen atoms in total. The van der Waals surface area contributed by atoms with Crippen LogP contribution in [0.15, 0.2) is 70.6 Å². The van der Waals surface area contributed by atoms with Crippen LogP contribution in [-0.4, -0.2) is 26.3 Å². The van der Waals surface area contributed by atoms with Crippen molar-refractivity contribution in [1.29, 1.82) is 0 Å². The number of hydrogen-bond acceptors (Lipinski definition) is 7. The van der Waals surface area contributed by atoms with Crippen LogP contribution < -0.4 is 0 Å². The summed E-state index contributed by atoms with van der Waals surface area (Å²) in [5.41, 5.74) is 4.53. The first-order chi connectivity index (χ1) is 16.2. The van der Waals surface area contributed by atoms with E-state index in [9.17, 15) is 20.2 Å². The van der Waals surface area contributed by atoms with E-state index in [1.165, 1.54) is 24.3 Å². The van der Waals surface area contributed by atoms with Gasteiger partial charge in [-0.2, -0.15) is 0 Å². The molecule has 0 aliphatic carbocycles. The van der Waals surface area contributed by atoms with Gasteiger partial charge in [0.25, 0.3) is 11.4 Å². The minimum atomic E-state index is -0.458. The number of benzene rings is 2. The van der Waals surface area contributed by atoms with Crippen LogP contribution in [0.3, 0.4) is 0 Å². The average Bonchev–Trinajstić information content (AvgIpc) is 2.81. The maximum absolute atomic E-state index is 10.9. The molecule has 178 valence electrons. The number of hydrogen-bond donors (Lipinski definition) is 0. The molecule has 0 aliphatic heterocycles. The number of aliphatic imine (C=N–C) groups is 2. The zero-order valence-electron chi connectivity index (χ0n) is 18.3. The zero-order chi connectivity index (χ0) is 25.3. The normalized spacial score (nSPS) is 11.6. The van der Waals surface area contributed by atoms with Gasteiger partial charge in [-0.1, -0.05) is 6.07 Å². The van der Waals surface area contributed by atoms with E-state index in [-0.39, 0.29) is 24.5 Å². The number of non-ortho nitro benzene ring substituents is 2. The second kappa shape index (κ2) is 12.9. The molecule has 0 amide bonds. The van der Waals surface area contributed by atoms with Gasteiger partial charge in [-0.05, 0) is 56.7 Å². The van der Waals surface area contributed by atoms with Crippen LogP contribution in [0.5, 0.6) is 0 Å². The summed E-state index contributed by atoms with van der Waals surface area (Å²) < 4.78 is 0. The molecule has 0 saturated heterocycles. The number of aromatic nitrogens is 1. The Bertz CT molecular complexity index is 1250. The molecule has 0 unspecified atom stereocenters. The number of nitro groups is 2. The van der Waals surface area contributed by atoms with Crippen LogP contribution in [0.2, 0.25) is 0 Å². The minimum absolute atomic E-state index is 0.00472. The molecule has 3 aromatic rings. The third-order valence-electron chi connectivity index (χ3n) is 4.53. The number of aryl methyl sites for hydroxylation is 1. The molecule has 0 radical (unpaired) electrons. The SMILES string of the molecule is CC(=Nc1ccc([N+](=O)[O-])cc1)c1cccc(C(C)=Nc2ccc([N+](=O)[O-])cc2C)n1.[Cl][Fe][Cl]. The van der Waals surface area contributed by atoms with Crippen LogP contribution in [0.4, 0.5) is 22.7 Å². The van der Waals surface area contributed by atoms with Gasteiger partial charge in [0.15, 0.2) is 0 Å². The Labute approximate surface area is 210 Å². The van der Waals surface area contributed by atoms with Crippen molar-refractivity contribution < 1.29 is 23.0 Å². The number of nitrogens with zero attached hydrogens (tertiary/aromatic N) is 5. The van der Waals surface area contributed by atoms with Crippen LogP contribution in [-0.2, 0) is 13.1 Å². The predicted octanol–water partition coefficient (Wildman–Crippen LogP) is 6.86. The third kappa shape index (κ3) is 7.71. The summed E-state index contributed by atoms with van der Waals surface area (Å²) >= 11 is 0.194. The molecule has 0 N–H and O–H groups in total. The Hall–Kier alpha value is -3.17. The standard InChI is InChI=1S/C22H19N5O4.2ClH.Fe/c1-14-13-19(27(30)31)11-12-20(14)24-16(3)22-6-4-5-21(25-22)15(2)23-17-7-9-18(10-8-17)26(28)29;;;/h4-13H,1-3H3;2*1H;/q;;;+2/p-2. The second-order valence-electron chi connectivity index (χ2n) is 6.85. The summed E-state index contributed by atoms with van der Waals surface area (Å²) in [7, 11) is 9.53. The fourth-order valence-corrected chi connectivity index (χ4v) is 2.85. The van der Waals surface area contributed by atoms with Gasteiger partial charge in [-0.25, -0.2) is 4.98 Å². The molecule has 0 bridgehead atoms. The molecule has 12 heteroatoms. The fraction of sp³-hybridized carbons (Fsp3) is 0.136. The fourth-order valence-electron chi connectivity index (χ4n) is 2.85. The average molecular weight is 544 g/mol. The van der Waals surface area contributed by atoms with Crippen molar-refractivity contribution in [2.75, 3.05) is 0 Å². The van der Waals surface area contributed by atoms with Gasteiger partial charge in [0.2, 0.25) is 0 Å². The molecule has 0 saturated carbocycles. The van der Waals surface area contributed by atoms with Gasteiger partial charge in [-0.3, -0.25) is 30.2 Å². The van der Waals surface area contributed by atoms with E-state index in [1.54, 1.807) is 32.0 Å². The van der Waals surface area contributed by atoms with Crippen LogP contribution >= 0.6 is 20.2 Å². The molecule has 0 spiro atoms. The quantitative estimate of drug-likeness (QED) is 0.145. The van der Waals surface area contributed by atoms with Crippen LogP contribution in [0, 0.1) is 27.2 Å². The third-order valence-corrected chi connectivity index (χ3v) is 4.53. The Kier molecular flexibility index (Phi) is 10.3. The number of rotatable bonds is 6. The topological polar surface area (TPSA) is 124 Å². The van der Waals surface area contributed by atoms with Gasteiger partial charge in [0, 0.05) is 24.3 Å². The first-order valence-electron chi connectivity index (χ1n) is 9.59. The van der Waals surface area contributed by atoms with Gasteiger partial charge in [0.05, 0.1) is 44.0 Å². The van der Waals surface area contributed by atoms with E-state index in [2.05, 4.69) is 15.0 Å². The van der Waals surface area contributed by atoms with Crippen LogP contribution in [0.25, 0.3) is 0 Å². The molecule has 0 atom stereocenters. The molecule has 34 heavy (non-hydrogen) atoms. The molecular weight excluding hydrogens is 525 g/mol. The Morgan fingerprint density at radius 2 is 1.35 bits per heavy atom. The van der Waals surface area contributed by atoms with Crippen molar-refractivity contribution in [3.63, 3.8) is 0 Å². The molecule has 0 fully saturated rings. The summed E-state index contributed by atoms with van der Waals surface area (Å²) in [4.78, 5) is 34.4. The van der Waals surface area contributed by atoms with Gasteiger partial charge in [0.1, 0.15) is 0 Å². The molecular formula is C22H19Cl2FeN5O4. The summed E-state index contributed by atoms with van der Waals surface area (Å²) in [6.45, 7) is 5.39. The van der Waals surface area contributed by atoms with Crippen molar-refractivity contribution >= 4 is 54.4 Å². The van der Waals surface area contributed by atoms with Gasteiger partial charge < -0.3 is 0 Å². The number of halogens is 2. The molecule has 2 aromatic carbocycles. The molecule has 0 aliphatic rings. The Morgan fingerprint density at radius 1 is 0.853 bits per heavy atom. The van der Waals surface area contributed by atoms with E-state index >= 15 is 0 Å². The molecule has 1 heterocycles. The van der Waals surface area contributed by atoms with E-state index in [1.807, 2.05) is 25.1 Å². The molecule has 1 aromatic heterocycles. The van der Waals surface area contributed by atoms with E-state index in [4.69, 9.17) is 20.2 Å².